The SMILES string of the molecule is O=C(Cn1nc(-c2nnc(-c3cccc(Cl)c3)s2)ccc1=O)NC1CCC1. The number of rotatable bonds is 5. The van der Waals surface area contributed by atoms with Crippen LogP contribution in [0.1, 0.15) is 19.3 Å². The standard InChI is InChI=1S/C18H16ClN5O2S/c19-12-4-1-3-11(9-12)17-21-22-18(27-17)14-7-8-16(26)24(23-14)10-15(25)20-13-5-2-6-13/h1,3-4,7-9,13H,2,5-6,10H2,(H,20,25). The van der Waals surface area contributed by atoms with Crippen molar-refractivity contribution in [2.45, 2.75) is 31.8 Å². The summed E-state index contributed by atoms with van der Waals surface area (Å²) in [6.07, 6.45) is 3.11. The molecule has 3 aromatic rings. The van der Waals surface area contributed by atoms with Crippen LogP contribution in [0, 0.1) is 0 Å². The van der Waals surface area contributed by atoms with E-state index in [1.54, 1.807) is 12.1 Å². The van der Waals surface area contributed by atoms with Crippen molar-refractivity contribution >= 4 is 28.8 Å². The van der Waals surface area contributed by atoms with Crippen LogP contribution in [0.4, 0.5) is 0 Å². The van der Waals surface area contributed by atoms with Crippen LogP contribution in [0.5, 0.6) is 0 Å². The molecule has 1 fully saturated rings. The number of benzene rings is 1. The van der Waals surface area contributed by atoms with Gasteiger partial charge in [0.05, 0.1) is 0 Å². The maximum absolute atomic E-state index is 12.1. The first kappa shape index (κ1) is 17.8. The van der Waals surface area contributed by atoms with Gasteiger partial charge >= 0.3 is 0 Å². The summed E-state index contributed by atoms with van der Waals surface area (Å²) in [5.41, 5.74) is 1.03. The van der Waals surface area contributed by atoms with Crippen LogP contribution >= 0.6 is 22.9 Å². The van der Waals surface area contributed by atoms with Gasteiger partial charge in [-0.05, 0) is 37.5 Å². The molecule has 0 aliphatic heterocycles. The number of halogens is 1. The number of aromatic nitrogens is 4. The van der Waals surface area contributed by atoms with E-state index in [4.69, 9.17) is 11.6 Å². The largest absolute Gasteiger partial charge is 0.352 e. The zero-order chi connectivity index (χ0) is 18.8. The van der Waals surface area contributed by atoms with Gasteiger partial charge in [-0.3, -0.25) is 9.59 Å². The van der Waals surface area contributed by atoms with Crippen LogP contribution in [-0.2, 0) is 11.3 Å². The highest BCUT2D eigenvalue weighted by Crippen LogP contribution is 2.29. The molecule has 1 aliphatic carbocycles. The van der Waals surface area contributed by atoms with Crippen LogP contribution < -0.4 is 10.9 Å². The lowest BCUT2D eigenvalue weighted by Crippen LogP contribution is -2.42. The van der Waals surface area contributed by atoms with E-state index in [0.29, 0.717) is 20.7 Å². The predicted octanol–water partition coefficient (Wildman–Crippen LogP) is 2.75. The molecule has 27 heavy (non-hydrogen) atoms. The number of hydrogen-bond donors (Lipinski definition) is 1. The lowest BCUT2D eigenvalue weighted by Gasteiger charge is -2.26. The van der Waals surface area contributed by atoms with Crippen LogP contribution in [0.15, 0.2) is 41.2 Å². The molecule has 138 valence electrons. The minimum Gasteiger partial charge on any atom is -0.352 e. The lowest BCUT2D eigenvalue weighted by atomic mass is 9.93. The molecule has 2 aromatic heterocycles. The molecule has 2 heterocycles. The van der Waals surface area contributed by atoms with Gasteiger partial charge in [-0.2, -0.15) is 5.10 Å². The van der Waals surface area contributed by atoms with Crippen LogP contribution in [-0.4, -0.2) is 31.9 Å². The summed E-state index contributed by atoms with van der Waals surface area (Å²) in [5, 5.41) is 17.4. The van der Waals surface area contributed by atoms with Crippen molar-refractivity contribution < 1.29 is 4.79 Å². The second-order valence-corrected chi connectivity index (χ2v) is 7.75. The van der Waals surface area contributed by atoms with Crippen molar-refractivity contribution in [2.24, 2.45) is 0 Å². The molecule has 0 atom stereocenters. The van der Waals surface area contributed by atoms with Crippen LogP contribution in [0.2, 0.25) is 5.02 Å². The zero-order valence-corrected chi connectivity index (χ0v) is 15.8. The van der Waals surface area contributed by atoms with Gasteiger partial charge < -0.3 is 5.32 Å². The number of carbonyl (C=O) groups is 1. The Bertz CT molecular complexity index is 1040. The highest BCUT2D eigenvalue weighted by Gasteiger charge is 2.20. The average molecular weight is 402 g/mol. The topological polar surface area (TPSA) is 89.8 Å². The van der Waals surface area contributed by atoms with Gasteiger partial charge in [0.2, 0.25) is 5.91 Å². The molecule has 1 N–H and O–H groups in total. The Morgan fingerprint density at radius 2 is 2.04 bits per heavy atom. The third kappa shape index (κ3) is 4.06. The molecule has 0 saturated heterocycles. The van der Waals surface area contributed by atoms with E-state index >= 15 is 0 Å². The molecule has 7 nitrogen and oxygen atoms in total. The van der Waals surface area contributed by atoms with Gasteiger partial charge in [0.15, 0.2) is 5.01 Å². The van der Waals surface area contributed by atoms with Crippen molar-refractivity contribution in [3.05, 3.63) is 51.8 Å². The first-order valence-electron chi connectivity index (χ1n) is 8.56. The lowest BCUT2D eigenvalue weighted by molar-refractivity contribution is -0.123. The van der Waals surface area contributed by atoms with Gasteiger partial charge in [-0.1, -0.05) is 35.1 Å². The number of hydrogen-bond acceptors (Lipinski definition) is 6. The molecule has 9 heteroatoms. The summed E-state index contributed by atoms with van der Waals surface area (Å²) in [6, 6.07) is 10.5. The van der Waals surface area contributed by atoms with E-state index in [-0.39, 0.29) is 24.1 Å². The summed E-state index contributed by atoms with van der Waals surface area (Å²) >= 11 is 7.37. The van der Waals surface area contributed by atoms with E-state index in [1.807, 2.05) is 18.2 Å². The first-order valence-corrected chi connectivity index (χ1v) is 9.75. The van der Waals surface area contributed by atoms with Crippen molar-refractivity contribution in [1.29, 1.82) is 0 Å². The molecule has 0 spiro atoms. The molecular formula is C18H16ClN5O2S. The normalized spacial score (nSPS) is 14.0. The van der Waals surface area contributed by atoms with Crippen LogP contribution in [0.3, 0.4) is 0 Å². The van der Waals surface area contributed by atoms with E-state index in [9.17, 15) is 9.59 Å². The third-order valence-corrected chi connectivity index (χ3v) is 5.58. The minimum atomic E-state index is -0.331. The summed E-state index contributed by atoms with van der Waals surface area (Å²) in [6.45, 7) is -0.108. The average Bonchev–Trinajstić information content (AvgIpc) is 3.10. The molecule has 1 aromatic carbocycles. The highest BCUT2D eigenvalue weighted by molar-refractivity contribution is 7.17. The minimum absolute atomic E-state index is 0.108. The molecule has 1 aliphatic rings. The fourth-order valence-electron chi connectivity index (χ4n) is 2.70. The molecule has 1 saturated carbocycles. The molecular weight excluding hydrogens is 386 g/mol. The highest BCUT2D eigenvalue weighted by atomic mass is 35.5. The number of amides is 1. The maximum atomic E-state index is 12.1. The quantitative estimate of drug-likeness (QED) is 0.710. The molecule has 4 rings (SSSR count). The van der Waals surface area contributed by atoms with Gasteiger partial charge in [0.1, 0.15) is 17.2 Å². The second kappa shape index (κ2) is 7.58. The van der Waals surface area contributed by atoms with Gasteiger partial charge in [-0.15, -0.1) is 10.2 Å². The number of nitrogens with zero attached hydrogens (tertiary/aromatic N) is 4. The van der Waals surface area contributed by atoms with E-state index in [2.05, 4.69) is 20.6 Å². The van der Waals surface area contributed by atoms with Gasteiger partial charge in [-0.25, -0.2) is 4.68 Å². The fraction of sp³-hybridized carbons (Fsp3) is 0.278. The summed E-state index contributed by atoms with van der Waals surface area (Å²) in [4.78, 5) is 24.1. The van der Waals surface area contributed by atoms with Crippen molar-refractivity contribution in [1.82, 2.24) is 25.3 Å². The van der Waals surface area contributed by atoms with E-state index < -0.39 is 0 Å². The van der Waals surface area contributed by atoms with Gasteiger partial charge in [0.25, 0.3) is 5.56 Å². The fourth-order valence-corrected chi connectivity index (χ4v) is 3.70. The molecule has 1 amide bonds. The Morgan fingerprint density at radius 3 is 2.78 bits per heavy atom. The second-order valence-electron chi connectivity index (χ2n) is 6.33. The Kier molecular flexibility index (Phi) is 5.00. The van der Waals surface area contributed by atoms with Gasteiger partial charge in [0, 0.05) is 22.7 Å². The van der Waals surface area contributed by atoms with Crippen molar-refractivity contribution in [2.75, 3.05) is 0 Å². The van der Waals surface area contributed by atoms with E-state index in [1.165, 1.54) is 17.4 Å². The van der Waals surface area contributed by atoms with Crippen molar-refractivity contribution in [3.63, 3.8) is 0 Å². The first-order chi connectivity index (χ1) is 13.1. The molecule has 0 radical (unpaired) electrons. The van der Waals surface area contributed by atoms with Crippen molar-refractivity contribution in [3.8, 4) is 21.3 Å². The number of carbonyl (C=O) groups excluding carboxylic acids is 1. The molecule has 0 unspecified atom stereocenters. The molecule has 0 bridgehead atoms. The number of nitrogens with one attached hydrogen (secondary N) is 1. The predicted molar refractivity (Wildman–Crippen MR) is 104 cm³/mol. The summed E-state index contributed by atoms with van der Waals surface area (Å²) in [5.74, 6) is -0.205. The monoisotopic (exact) mass is 401 g/mol. The smallest absolute Gasteiger partial charge is 0.267 e. The van der Waals surface area contributed by atoms with E-state index in [0.717, 1.165) is 29.5 Å². The van der Waals surface area contributed by atoms with Crippen LogP contribution in [0.25, 0.3) is 21.3 Å². The Balaban J connectivity index is 1.55. The zero-order valence-electron chi connectivity index (χ0n) is 14.3. The Labute approximate surface area is 164 Å². The Morgan fingerprint density at radius 1 is 1.22 bits per heavy atom. The summed E-state index contributed by atoms with van der Waals surface area (Å²) in [7, 11) is 0. The summed E-state index contributed by atoms with van der Waals surface area (Å²) < 4.78 is 1.16. The third-order valence-electron chi connectivity index (χ3n) is 4.35. The Hall–Kier alpha value is -2.58. The maximum Gasteiger partial charge on any atom is 0.267 e.